The molecule has 0 aliphatic carbocycles. The molecule has 0 saturated carbocycles. The molecule has 1 fully saturated rings. The second kappa shape index (κ2) is 11.5. The number of rotatable bonds is 10. The molecule has 3 nitrogen and oxygen atoms in total. The summed E-state index contributed by atoms with van der Waals surface area (Å²) in [7, 11) is 0. The van der Waals surface area contributed by atoms with Gasteiger partial charge in [0.1, 0.15) is 0 Å². The van der Waals surface area contributed by atoms with Crippen molar-refractivity contribution < 1.29 is 14.3 Å². The molecule has 0 N–H and O–H groups in total. The molecule has 0 bridgehead atoms. The van der Waals surface area contributed by atoms with Crippen LogP contribution in [0.3, 0.4) is 0 Å². The Labute approximate surface area is 175 Å². The summed E-state index contributed by atoms with van der Waals surface area (Å²) in [6, 6.07) is 20.2. The third-order valence-corrected chi connectivity index (χ3v) is 8.06. The Morgan fingerprint density at radius 3 is 2.36 bits per heavy atom. The van der Waals surface area contributed by atoms with Crippen LogP contribution in [0.25, 0.3) is 0 Å². The Hall–Kier alpha value is -1.45. The van der Waals surface area contributed by atoms with Crippen LogP contribution in [0.15, 0.2) is 60.7 Å². The molecule has 150 valence electrons. The number of carbonyl (C=O) groups is 1. The van der Waals surface area contributed by atoms with Crippen molar-refractivity contribution in [1.82, 2.24) is 0 Å². The molecule has 1 aliphatic rings. The topological polar surface area (TPSA) is 35.5 Å². The van der Waals surface area contributed by atoms with Crippen molar-refractivity contribution in [3.63, 3.8) is 0 Å². The Balaban J connectivity index is 1.55. The van der Waals surface area contributed by atoms with E-state index < -0.39 is 0 Å². The molecule has 4 heteroatoms. The van der Waals surface area contributed by atoms with Gasteiger partial charge in [-0.15, -0.1) is 0 Å². The maximum atomic E-state index is 12.8. The van der Waals surface area contributed by atoms with Gasteiger partial charge in [0, 0.05) is 0 Å². The van der Waals surface area contributed by atoms with E-state index >= 15 is 0 Å². The fourth-order valence-corrected chi connectivity index (χ4v) is 6.44. The molecule has 1 aliphatic heterocycles. The molecule has 1 saturated heterocycles. The van der Waals surface area contributed by atoms with Crippen LogP contribution in [0, 0.1) is 0 Å². The first-order valence-electron chi connectivity index (χ1n) is 10.2. The molecule has 2 aromatic carbocycles. The van der Waals surface area contributed by atoms with Crippen LogP contribution in [0.5, 0.6) is 0 Å². The van der Waals surface area contributed by atoms with Gasteiger partial charge < -0.3 is 0 Å². The first kappa shape index (κ1) is 21.3. The molecule has 2 atom stereocenters. The van der Waals surface area contributed by atoms with E-state index in [4.69, 9.17) is 9.47 Å². The molecular weight excluding hydrogens is 415 g/mol. The number of Topliss-reactive ketones (excluding diaryl/α,β-unsaturated/α-hetero) is 1. The summed E-state index contributed by atoms with van der Waals surface area (Å²) in [6.07, 6.45) is 4.82. The zero-order chi connectivity index (χ0) is 19.6. The van der Waals surface area contributed by atoms with Crippen LogP contribution in [0.4, 0.5) is 0 Å². The molecular formula is C24H30O3Se. The summed E-state index contributed by atoms with van der Waals surface area (Å²) in [5.41, 5.74) is 2.11. The van der Waals surface area contributed by atoms with Crippen LogP contribution in [0.2, 0.25) is 4.82 Å². The quantitative estimate of drug-likeness (QED) is 0.361. The van der Waals surface area contributed by atoms with Crippen LogP contribution in [0.1, 0.15) is 59.8 Å². The number of ether oxygens (including phenoxy) is 2. The monoisotopic (exact) mass is 446 g/mol. The first-order chi connectivity index (χ1) is 13.7. The van der Waals surface area contributed by atoms with E-state index in [1.807, 2.05) is 36.4 Å². The number of hydrogen-bond donors (Lipinski definition) is 0. The van der Waals surface area contributed by atoms with E-state index in [0.717, 1.165) is 44.5 Å². The number of ketones is 1. The van der Waals surface area contributed by atoms with Crippen molar-refractivity contribution in [2.45, 2.75) is 55.0 Å². The molecule has 3 rings (SSSR count). The summed E-state index contributed by atoms with van der Waals surface area (Å²) < 4.78 is 11.3. The fourth-order valence-electron chi connectivity index (χ4n) is 3.45. The SMILES string of the molecule is CC(CCCC1OCCCO1)[Se]C(CC(=O)c1ccccc1)c1ccccc1. The molecule has 2 unspecified atom stereocenters. The van der Waals surface area contributed by atoms with Gasteiger partial charge in [0.05, 0.1) is 0 Å². The minimum atomic E-state index is -0.0157. The first-order valence-corrected chi connectivity index (χ1v) is 12.2. The maximum absolute atomic E-state index is 12.8. The molecule has 0 amide bonds. The molecule has 2 aromatic rings. The second-order valence-electron chi connectivity index (χ2n) is 7.29. The average Bonchev–Trinajstić information content (AvgIpc) is 2.75. The minimum absolute atomic E-state index is 0.0157. The second-order valence-corrected chi connectivity index (χ2v) is 10.7. The fraction of sp³-hybridized carbons (Fsp3) is 0.458. The van der Waals surface area contributed by atoms with Crippen molar-refractivity contribution in [2.24, 2.45) is 0 Å². The van der Waals surface area contributed by atoms with Crippen LogP contribution < -0.4 is 0 Å². The molecule has 0 radical (unpaired) electrons. The summed E-state index contributed by atoms with van der Waals surface area (Å²) in [4.78, 5) is 13.7. The zero-order valence-corrected chi connectivity index (χ0v) is 18.3. The Kier molecular flexibility index (Phi) is 8.75. The molecule has 0 aromatic heterocycles. The van der Waals surface area contributed by atoms with Crippen LogP contribution in [-0.2, 0) is 9.47 Å². The third-order valence-electron chi connectivity index (χ3n) is 4.98. The number of carbonyl (C=O) groups excluding carboxylic acids is 1. The van der Waals surface area contributed by atoms with Gasteiger partial charge in [-0.1, -0.05) is 0 Å². The molecule has 1 heterocycles. The Bertz CT molecular complexity index is 698. The number of benzene rings is 2. The predicted molar refractivity (Wildman–Crippen MR) is 114 cm³/mol. The van der Waals surface area contributed by atoms with E-state index in [9.17, 15) is 4.79 Å². The van der Waals surface area contributed by atoms with Gasteiger partial charge in [-0.2, -0.15) is 0 Å². The third kappa shape index (κ3) is 6.86. The molecule has 28 heavy (non-hydrogen) atoms. The summed E-state index contributed by atoms with van der Waals surface area (Å²) >= 11 is 0.361. The van der Waals surface area contributed by atoms with E-state index in [2.05, 4.69) is 31.2 Å². The van der Waals surface area contributed by atoms with E-state index in [1.54, 1.807) is 0 Å². The van der Waals surface area contributed by atoms with Crippen molar-refractivity contribution >= 4 is 20.7 Å². The van der Waals surface area contributed by atoms with Crippen molar-refractivity contribution in [3.8, 4) is 0 Å². The van der Waals surface area contributed by atoms with Gasteiger partial charge in [-0.05, 0) is 0 Å². The molecule has 0 spiro atoms. The standard InChI is InChI=1S/C24H30O3Se/c1-19(10-8-15-24-26-16-9-17-27-24)28-23(21-13-6-3-7-14-21)18-22(25)20-11-4-2-5-12-20/h2-7,11-14,19,23-24H,8-10,15-18H2,1H3. The average molecular weight is 445 g/mol. The van der Waals surface area contributed by atoms with Crippen LogP contribution in [-0.4, -0.2) is 40.2 Å². The van der Waals surface area contributed by atoms with Gasteiger partial charge in [0.15, 0.2) is 0 Å². The van der Waals surface area contributed by atoms with E-state index in [-0.39, 0.29) is 12.1 Å². The number of hydrogen-bond acceptors (Lipinski definition) is 3. The zero-order valence-electron chi connectivity index (χ0n) is 16.6. The van der Waals surface area contributed by atoms with E-state index in [1.165, 1.54) is 5.56 Å². The van der Waals surface area contributed by atoms with Gasteiger partial charge in [-0.25, -0.2) is 0 Å². The summed E-state index contributed by atoms with van der Waals surface area (Å²) in [5, 5.41) is 0. The summed E-state index contributed by atoms with van der Waals surface area (Å²) in [5.74, 6) is 0.243. The summed E-state index contributed by atoms with van der Waals surface area (Å²) in [6.45, 7) is 3.97. The Morgan fingerprint density at radius 2 is 1.68 bits per heavy atom. The van der Waals surface area contributed by atoms with Gasteiger partial charge in [-0.3, -0.25) is 0 Å². The van der Waals surface area contributed by atoms with Gasteiger partial charge >= 0.3 is 175 Å². The van der Waals surface area contributed by atoms with Crippen molar-refractivity contribution in [2.75, 3.05) is 13.2 Å². The normalized spacial score (nSPS) is 17.2. The Morgan fingerprint density at radius 1 is 1.04 bits per heavy atom. The van der Waals surface area contributed by atoms with E-state index in [0.29, 0.717) is 31.0 Å². The van der Waals surface area contributed by atoms with Crippen molar-refractivity contribution in [1.29, 1.82) is 0 Å². The van der Waals surface area contributed by atoms with Gasteiger partial charge in [0.2, 0.25) is 0 Å². The predicted octanol–water partition coefficient (Wildman–Crippen LogP) is 5.45. The van der Waals surface area contributed by atoms with Crippen molar-refractivity contribution in [3.05, 3.63) is 71.8 Å². The van der Waals surface area contributed by atoms with Gasteiger partial charge in [0.25, 0.3) is 0 Å². The van der Waals surface area contributed by atoms with Crippen LogP contribution >= 0.6 is 0 Å².